The third-order valence-corrected chi connectivity index (χ3v) is 16.3. The number of hydrogen-bond donors (Lipinski definition) is 0. The van der Waals surface area contributed by atoms with Gasteiger partial charge in [0.15, 0.2) is 0 Å². The van der Waals surface area contributed by atoms with Gasteiger partial charge in [0, 0.05) is 16.5 Å². The molecular formula is C68H52O. The average Bonchev–Trinajstić information content (AvgIpc) is 3.95. The SMILES string of the molecule is CC(C)(C)c1ccc2c(c1)C1(c3ccccc3-c3ccc(-c4ccccc4-c4cc5c(c6ccccc46)Oc4ccccc4C54c5ccccc5-c5ccccc54)cc31)c1cc(C(C)(C)C)ccc1-2. The van der Waals surface area contributed by atoms with Crippen LogP contribution in [0.15, 0.2) is 206 Å². The minimum absolute atomic E-state index is 0.0185. The maximum Gasteiger partial charge on any atom is 0.140 e. The van der Waals surface area contributed by atoms with Crippen molar-refractivity contribution in [1.29, 1.82) is 0 Å². The van der Waals surface area contributed by atoms with Crippen LogP contribution in [0.25, 0.3) is 66.4 Å². The van der Waals surface area contributed by atoms with E-state index in [1.54, 1.807) is 0 Å². The van der Waals surface area contributed by atoms with Crippen molar-refractivity contribution in [3.8, 4) is 67.1 Å². The van der Waals surface area contributed by atoms with Crippen molar-refractivity contribution < 1.29 is 4.74 Å². The molecule has 0 saturated heterocycles. The van der Waals surface area contributed by atoms with E-state index in [-0.39, 0.29) is 10.8 Å². The molecular weight excluding hydrogens is 833 g/mol. The molecule has 0 amide bonds. The van der Waals surface area contributed by atoms with Gasteiger partial charge >= 0.3 is 0 Å². The van der Waals surface area contributed by atoms with Crippen molar-refractivity contribution in [3.63, 3.8) is 0 Å². The van der Waals surface area contributed by atoms with Gasteiger partial charge in [-0.3, -0.25) is 0 Å². The molecule has 1 nitrogen and oxygen atoms in total. The molecule has 1 aliphatic heterocycles. The summed E-state index contributed by atoms with van der Waals surface area (Å²) < 4.78 is 7.16. The van der Waals surface area contributed by atoms with Crippen LogP contribution in [0.5, 0.6) is 11.5 Å². The summed E-state index contributed by atoms with van der Waals surface area (Å²) in [6, 6.07) is 78.5. The van der Waals surface area contributed by atoms with E-state index >= 15 is 0 Å². The Bertz CT molecular complexity index is 3740. The minimum Gasteiger partial charge on any atom is -0.456 e. The monoisotopic (exact) mass is 884 g/mol. The smallest absolute Gasteiger partial charge is 0.140 e. The van der Waals surface area contributed by atoms with E-state index in [4.69, 9.17) is 4.74 Å². The highest BCUT2D eigenvalue weighted by molar-refractivity contribution is 6.06. The summed E-state index contributed by atoms with van der Waals surface area (Å²) in [6.45, 7) is 14.0. The fourth-order valence-electron chi connectivity index (χ4n) is 13.1. The van der Waals surface area contributed by atoms with Crippen LogP contribution in [-0.2, 0) is 21.7 Å². The molecule has 1 heterocycles. The van der Waals surface area contributed by atoms with E-state index < -0.39 is 10.8 Å². The number of hydrogen-bond acceptors (Lipinski definition) is 1. The highest BCUT2D eigenvalue weighted by Gasteiger charge is 2.54. The van der Waals surface area contributed by atoms with Gasteiger partial charge in [-0.25, -0.2) is 0 Å². The van der Waals surface area contributed by atoms with Gasteiger partial charge in [-0.15, -0.1) is 0 Å². The summed E-state index contributed by atoms with van der Waals surface area (Å²) in [5.74, 6) is 1.83. The standard InChI is InChI=1S/C68H52O/c1-65(2,3)42-32-35-51-52-36-33-43(66(4,5)6)39-61(52)68(60(51)38-42)57-28-16-13-24-49(57)50-34-31-41(37-59(50)68)44-19-7-8-20-45(44)54-40-62-64(53-25-10-9-21-46(53)54)69-63-30-18-17-29-58(63)67(62)55-26-14-11-22-47(55)48-23-12-15-27-56(48)67/h7-40H,1-6H3. The van der Waals surface area contributed by atoms with Crippen LogP contribution in [0.3, 0.4) is 0 Å². The first-order valence-electron chi connectivity index (χ1n) is 24.7. The highest BCUT2D eigenvalue weighted by Crippen LogP contribution is 2.66. The zero-order chi connectivity index (χ0) is 46.6. The zero-order valence-electron chi connectivity index (χ0n) is 40.0. The number of benzene rings is 10. The molecule has 1 heteroatoms. The first kappa shape index (κ1) is 40.3. The topological polar surface area (TPSA) is 9.23 Å². The number of ether oxygens (including phenoxy) is 1. The highest BCUT2D eigenvalue weighted by atomic mass is 16.5. The molecule has 0 aromatic heterocycles. The molecule has 10 aromatic rings. The molecule has 0 bridgehead atoms. The molecule has 69 heavy (non-hydrogen) atoms. The Labute approximate surface area is 405 Å². The number of rotatable bonds is 2. The third-order valence-electron chi connectivity index (χ3n) is 16.3. The second kappa shape index (κ2) is 13.9. The fourth-order valence-corrected chi connectivity index (χ4v) is 13.1. The van der Waals surface area contributed by atoms with E-state index in [0.29, 0.717) is 0 Å². The summed E-state index contributed by atoms with van der Waals surface area (Å²) in [6.07, 6.45) is 0. The lowest BCUT2D eigenvalue weighted by Crippen LogP contribution is -2.32. The molecule has 2 spiro atoms. The van der Waals surface area contributed by atoms with Crippen LogP contribution in [0.2, 0.25) is 0 Å². The summed E-state index contributed by atoms with van der Waals surface area (Å²) >= 11 is 0. The Balaban J connectivity index is 1.05. The van der Waals surface area contributed by atoms with Gasteiger partial charge in [-0.05, 0) is 135 Å². The third kappa shape index (κ3) is 5.26. The minimum atomic E-state index is -0.585. The van der Waals surface area contributed by atoms with Crippen molar-refractivity contribution in [1.82, 2.24) is 0 Å². The van der Waals surface area contributed by atoms with Gasteiger partial charge in [-0.1, -0.05) is 230 Å². The molecule has 0 saturated carbocycles. The molecule has 0 N–H and O–H groups in total. The zero-order valence-corrected chi connectivity index (χ0v) is 40.0. The molecule has 0 unspecified atom stereocenters. The van der Waals surface area contributed by atoms with Crippen molar-refractivity contribution >= 4 is 10.8 Å². The molecule has 4 aliphatic rings. The van der Waals surface area contributed by atoms with E-state index in [9.17, 15) is 0 Å². The second-order valence-corrected chi connectivity index (χ2v) is 21.9. The first-order valence-corrected chi connectivity index (χ1v) is 24.7. The summed E-state index contributed by atoms with van der Waals surface area (Å²) in [4.78, 5) is 0. The fraction of sp³-hybridized carbons (Fsp3) is 0.147. The quantitative estimate of drug-likeness (QED) is 0.168. The van der Waals surface area contributed by atoms with Crippen molar-refractivity contribution in [2.24, 2.45) is 0 Å². The van der Waals surface area contributed by atoms with Gasteiger partial charge in [0.05, 0.1) is 10.8 Å². The summed E-state index contributed by atoms with van der Waals surface area (Å²) in [5, 5.41) is 2.29. The van der Waals surface area contributed by atoms with Crippen LogP contribution in [0.4, 0.5) is 0 Å². The lowest BCUT2D eigenvalue weighted by atomic mass is 9.65. The lowest BCUT2D eigenvalue weighted by Gasteiger charge is -2.40. The van der Waals surface area contributed by atoms with Crippen molar-refractivity contribution in [2.45, 2.75) is 63.2 Å². The molecule has 10 aromatic carbocycles. The van der Waals surface area contributed by atoms with Crippen LogP contribution in [-0.4, -0.2) is 0 Å². The van der Waals surface area contributed by atoms with Crippen LogP contribution in [0, 0.1) is 0 Å². The van der Waals surface area contributed by atoms with Gasteiger partial charge < -0.3 is 4.74 Å². The largest absolute Gasteiger partial charge is 0.456 e. The molecule has 0 fully saturated rings. The first-order chi connectivity index (χ1) is 33.5. The van der Waals surface area contributed by atoms with Crippen molar-refractivity contribution in [3.05, 3.63) is 262 Å². The Kier molecular flexibility index (Phi) is 8.14. The Morgan fingerprint density at radius 2 is 0.696 bits per heavy atom. The summed E-state index contributed by atoms with van der Waals surface area (Å²) in [7, 11) is 0. The van der Waals surface area contributed by atoms with E-state index in [1.807, 2.05) is 0 Å². The van der Waals surface area contributed by atoms with E-state index in [0.717, 1.165) is 16.9 Å². The van der Waals surface area contributed by atoms with E-state index in [1.165, 1.54) is 117 Å². The molecule has 0 atom stereocenters. The van der Waals surface area contributed by atoms with E-state index in [2.05, 4.69) is 248 Å². The summed E-state index contributed by atoms with van der Waals surface area (Å²) in [5.41, 5.74) is 24.7. The predicted octanol–water partition coefficient (Wildman–Crippen LogP) is 17.6. The Morgan fingerprint density at radius 1 is 0.290 bits per heavy atom. The Hall–Kier alpha value is -7.74. The van der Waals surface area contributed by atoms with Crippen LogP contribution in [0.1, 0.15) is 97.2 Å². The number of para-hydroxylation sites is 1. The lowest BCUT2D eigenvalue weighted by molar-refractivity contribution is 0.442. The molecule has 3 aliphatic carbocycles. The Morgan fingerprint density at radius 3 is 1.25 bits per heavy atom. The molecule has 330 valence electrons. The normalized spacial score (nSPS) is 14.9. The predicted molar refractivity (Wildman–Crippen MR) is 286 cm³/mol. The maximum absolute atomic E-state index is 7.16. The second-order valence-electron chi connectivity index (χ2n) is 21.9. The molecule has 14 rings (SSSR count). The van der Waals surface area contributed by atoms with Crippen LogP contribution < -0.4 is 4.74 Å². The van der Waals surface area contributed by atoms with Gasteiger partial charge in [0.2, 0.25) is 0 Å². The van der Waals surface area contributed by atoms with Crippen molar-refractivity contribution in [2.75, 3.05) is 0 Å². The average molecular weight is 885 g/mol. The maximum atomic E-state index is 7.16. The number of fused-ring (bicyclic) bond motifs is 21. The van der Waals surface area contributed by atoms with Gasteiger partial charge in [0.1, 0.15) is 11.5 Å². The molecule has 0 radical (unpaired) electrons. The van der Waals surface area contributed by atoms with Crippen LogP contribution >= 0.6 is 0 Å². The van der Waals surface area contributed by atoms with Gasteiger partial charge in [0.25, 0.3) is 0 Å². The van der Waals surface area contributed by atoms with Gasteiger partial charge in [-0.2, -0.15) is 0 Å².